The van der Waals surface area contributed by atoms with E-state index in [4.69, 9.17) is 11.6 Å². The maximum atomic E-state index is 11.4. The molecule has 1 N–H and O–H groups in total. The Morgan fingerprint density at radius 2 is 2.29 bits per heavy atom. The van der Waals surface area contributed by atoms with E-state index in [0.29, 0.717) is 23.8 Å². The van der Waals surface area contributed by atoms with Gasteiger partial charge in [0.1, 0.15) is 17.3 Å². The van der Waals surface area contributed by atoms with Gasteiger partial charge < -0.3 is 5.32 Å². The topological polar surface area (TPSA) is 72.0 Å². The maximum absolute atomic E-state index is 11.4. The first-order chi connectivity index (χ1) is 8.02. The van der Waals surface area contributed by atoms with Gasteiger partial charge in [0.15, 0.2) is 9.84 Å². The van der Waals surface area contributed by atoms with E-state index in [1.54, 1.807) is 0 Å². The van der Waals surface area contributed by atoms with Gasteiger partial charge >= 0.3 is 0 Å². The van der Waals surface area contributed by atoms with Gasteiger partial charge in [-0.25, -0.2) is 18.4 Å². The summed E-state index contributed by atoms with van der Waals surface area (Å²) in [5, 5.41) is 3.56. The second kappa shape index (κ2) is 4.78. The number of aromatic nitrogens is 2. The highest BCUT2D eigenvalue weighted by molar-refractivity contribution is 7.91. The molecule has 0 spiro atoms. The van der Waals surface area contributed by atoms with Crippen LogP contribution >= 0.6 is 11.6 Å². The highest BCUT2D eigenvalue weighted by Crippen LogP contribution is 2.23. The molecule has 0 bridgehead atoms. The van der Waals surface area contributed by atoms with Crippen molar-refractivity contribution >= 4 is 27.3 Å². The first-order valence-electron chi connectivity index (χ1n) is 5.48. The van der Waals surface area contributed by atoms with Crippen LogP contribution in [-0.4, -0.2) is 35.9 Å². The fourth-order valence-corrected chi connectivity index (χ4v) is 3.87. The first kappa shape index (κ1) is 12.6. The molecule has 1 unspecified atom stereocenters. The summed E-state index contributed by atoms with van der Waals surface area (Å²) in [5.41, 5.74) is 0.832. The molecular weight excluding hydrogens is 262 g/mol. The maximum Gasteiger partial charge on any atom is 0.152 e. The Hall–Kier alpha value is -0.880. The second-order valence-electron chi connectivity index (χ2n) is 4.09. The molecule has 1 atom stereocenters. The molecule has 1 aliphatic rings. The van der Waals surface area contributed by atoms with E-state index in [2.05, 4.69) is 15.3 Å². The van der Waals surface area contributed by atoms with Crippen LogP contribution < -0.4 is 5.32 Å². The van der Waals surface area contributed by atoms with Gasteiger partial charge in [0.05, 0.1) is 11.5 Å². The summed E-state index contributed by atoms with van der Waals surface area (Å²) in [7, 11) is -2.88. The van der Waals surface area contributed by atoms with E-state index in [-0.39, 0.29) is 17.5 Å². The lowest BCUT2D eigenvalue weighted by Gasteiger charge is -2.14. The average molecular weight is 276 g/mol. The van der Waals surface area contributed by atoms with Crippen LogP contribution in [0.1, 0.15) is 18.9 Å². The van der Waals surface area contributed by atoms with Crippen molar-refractivity contribution in [3.05, 3.63) is 17.0 Å². The molecule has 0 aliphatic carbocycles. The van der Waals surface area contributed by atoms with Crippen molar-refractivity contribution in [3.8, 4) is 0 Å². The Labute approximate surface area is 106 Å². The van der Waals surface area contributed by atoms with E-state index < -0.39 is 9.84 Å². The zero-order chi connectivity index (χ0) is 12.5. The van der Waals surface area contributed by atoms with Crippen molar-refractivity contribution in [2.75, 3.05) is 16.8 Å². The van der Waals surface area contributed by atoms with Gasteiger partial charge in [0.25, 0.3) is 0 Å². The molecule has 0 saturated carbocycles. The lowest BCUT2D eigenvalue weighted by atomic mass is 10.2. The van der Waals surface area contributed by atoms with E-state index in [0.717, 1.165) is 5.56 Å². The predicted molar refractivity (Wildman–Crippen MR) is 67.1 cm³/mol. The van der Waals surface area contributed by atoms with Crippen LogP contribution in [0, 0.1) is 0 Å². The molecule has 1 aliphatic heterocycles. The quantitative estimate of drug-likeness (QED) is 0.842. The van der Waals surface area contributed by atoms with Gasteiger partial charge in [-0.3, -0.25) is 0 Å². The third-order valence-corrected chi connectivity index (χ3v) is 4.91. The summed E-state index contributed by atoms with van der Waals surface area (Å²) in [6.07, 6.45) is 2.71. The van der Waals surface area contributed by atoms with Crippen LogP contribution in [0.4, 0.5) is 5.82 Å². The largest absolute Gasteiger partial charge is 0.366 e. The van der Waals surface area contributed by atoms with E-state index in [9.17, 15) is 8.42 Å². The number of nitrogens with one attached hydrogen (secondary N) is 1. The van der Waals surface area contributed by atoms with Gasteiger partial charge in [-0.15, -0.1) is 0 Å². The standard InChI is InChI=1S/C10H14ClN3O2S/c1-2-8-9(11)12-6-13-10(8)14-7-3-4-17(15,16)5-7/h6-7H,2-5H2,1H3,(H,12,13,14). The summed E-state index contributed by atoms with van der Waals surface area (Å²) in [4.78, 5) is 8.03. The highest BCUT2D eigenvalue weighted by atomic mass is 35.5. The Morgan fingerprint density at radius 3 is 2.88 bits per heavy atom. The molecule has 5 nitrogen and oxygen atoms in total. The Balaban J connectivity index is 2.17. The molecule has 2 rings (SSSR count). The van der Waals surface area contributed by atoms with Crippen molar-refractivity contribution in [2.45, 2.75) is 25.8 Å². The number of hydrogen-bond acceptors (Lipinski definition) is 5. The molecule has 94 valence electrons. The molecule has 0 aromatic carbocycles. The Bertz CT molecular complexity index is 518. The Kier molecular flexibility index (Phi) is 3.53. The van der Waals surface area contributed by atoms with Crippen molar-refractivity contribution in [1.82, 2.24) is 9.97 Å². The van der Waals surface area contributed by atoms with Crippen molar-refractivity contribution in [3.63, 3.8) is 0 Å². The van der Waals surface area contributed by atoms with Crippen LogP contribution in [-0.2, 0) is 16.3 Å². The third-order valence-electron chi connectivity index (χ3n) is 2.82. The molecule has 2 heterocycles. The van der Waals surface area contributed by atoms with Gasteiger partial charge in [-0.2, -0.15) is 0 Å². The zero-order valence-corrected chi connectivity index (χ0v) is 11.1. The SMILES string of the molecule is CCc1c(Cl)ncnc1NC1CCS(=O)(=O)C1. The van der Waals surface area contributed by atoms with Crippen LogP contribution in [0.25, 0.3) is 0 Å². The second-order valence-corrected chi connectivity index (χ2v) is 6.68. The molecule has 1 saturated heterocycles. The molecule has 0 radical (unpaired) electrons. The first-order valence-corrected chi connectivity index (χ1v) is 7.68. The molecule has 1 aromatic rings. The fourth-order valence-electron chi connectivity index (χ4n) is 1.93. The molecular formula is C10H14ClN3O2S. The van der Waals surface area contributed by atoms with Crippen LogP contribution in [0.2, 0.25) is 5.15 Å². The van der Waals surface area contributed by atoms with Gasteiger partial charge in [0.2, 0.25) is 0 Å². The summed E-state index contributed by atoms with van der Waals surface area (Å²) in [6, 6.07) is -0.0729. The van der Waals surface area contributed by atoms with Crippen molar-refractivity contribution in [2.24, 2.45) is 0 Å². The average Bonchev–Trinajstić information content (AvgIpc) is 2.58. The normalized spacial score (nSPS) is 22.6. The predicted octanol–water partition coefficient (Wildman–Crippen LogP) is 1.29. The number of halogens is 1. The minimum absolute atomic E-state index is 0.0729. The third kappa shape index (κ3) is 2.87. The van der Waals surface area contributed by atoms with Crippen molar-refractivity contribution < 1.29 is 8.42 Å². The molecule has 0 amide bonds. The van der Waals surface area contributed by atoms with Crippen LogP contribution in [0.3, 0.4) is 0 Å². The minimum Gasteiger partial charge on any atom is -0.366 e. The Morgan fingerprint density at radius 1 is 1.53 bits per heavy atom. The van der Waals surface area contributed by atoms with Crippen LogP contribution in [0.5, 0.6) is 0 Å². The summed E-state index contributed by atoms with van der Waals surface area (Å²) < 4.78 is 22.7. The number of sulfone groups is 1. The molecule has 17 heavy (non-hydrogen) atoms. The molecule has 1 fully saturated rings. The molecule has 7 heteroatoms. The zero-order valence-electron chi connectivity index (χ0n) is 9.48. The smallest absolute Gasteiger partial charge is 0.152 e. The van der Waals surface area contributed by atoms with E-state index in [1.807, 2.05) is 6.92 Å². The van der Waals surface area contributed by atoms with E-state index >= 15 is 0 Å². The van der Waals surface area contributed by atoms with Gasteiger partial charge in [-0.1, -0.05) is 18.5 Å². The monoisotopic (exact) mass is 275 g/mol. The summed E-state index contributed by atoms with van der Waals surface area (Å²) in [5.74, 6) is 1.05. The lowest BCUT2D eigenvalue weighted by molar-refractivity contribution is 0.602. The van der Waals surface area contributed by atoms with Gasteiger partial charge in [-0.05, 0) is 12.8 Å². The number of rotatable bonds is 3. The van der Waals surface area contributed by atoms with Crippen LogP contribution in [0.15, 0.2) is 6.33 Å². The molecule has 1 aromatic heterocycles. The minimum atomic E-state index is -2.88. The summed E-state index contributed by atoms with van der Waals surface area (Å²) >= 11 is 5.96. The highest BCUT2D eigenvalue weighted by Gasteiger charge is 2.28. The summed E-state index contributed by atoms with van der Waals surface area (Å²) in [6.45, 7) is 1.96. The number of nitrogens with zero attached hydrogens (tertiary/aromatic N) is 2. The fraction of sp³-hybridized carbons (Fsp3) is 0.600. The van der Waals surface area contributed by atoms with E-state index in [1.165, 1.54) is 6.33 Å². The lowest BCUT2D eigenvalue weighted by Crippen LogP contribution is -2.22. The number of hydrogen-bond donors (Lipinski definition) is 1. The number of anilines is 1. The van der Waals surface area contributed by atoms with Gasteiger partial charge in [0, 0.05) is 11.6 Å². The van der Waals surface area contributed by atoms with Crippen molar-refractivity contribution in [1.29, 1.82) is 0 Å².